The van der Waals surface area contributed by atoms with Gasteiger partial charge in [-0.2, -0.15) is 0 Å². The number of nitrogens with zero attached hydrogens (tertiary/aromatic N) is 3. The standard InChI is InChI=1S/C15H20N4O/c1-10-14(11(2)20-19-10)15-13(17-6-7-18-15)8-12-4-3-5-16-9-12/h6-7,12,16H,3-5,8-9H2,1-2H3/t12-/m1/s1. The lowest BCUT2D eigenvalue weighted by Gasteiger charge is -2.22. The van der Waals surface area contributed by atoms with E-state index in [9.17, 15) is 0 Å². The second-order valence-electron chi connectivity index (χ2n) is 5.47. The maximum Gasteiger partial charge on any atom is 0.143 e. The Bertz CT molecular complexity index is 568. The van der Waals surface area contributed by atoms with E-state index in [0.29, 0.717) is 5.92 Å². The van der Waals surface area contributed by atoms with E-state index in [0.717, 1.165) is 47.9 Å². The molecule has 2 aromatic rings. The molecule has 0 saturated carbocycles. The zero-order chi connectivity index (χ0) is 13.9. The smallest absolute Gasteiger partial charge is 0.143 e. The molecule has 1 saturated heterocycles. The number of hydrogen-bond donors (Lipinski definition) is 1. The van der Waals surface area contributed by atoms with Gasteiger partial charge in [0.1, 0.15) is 5.76 Å². The van der Waals surface area contributed by atoms with E-state index in [4.69, 9.17) is 4.52 Å². The van der Waals surface area contributed by atoms with Crippen molar-refractivity contribution in [2.45, 2.75) is 33.1 Å². The number of piperidine rings is 1. The Morgan fingerprint density at radius 2 is 2.15 bits per heavy atom. The van der Waals surface area contributed by atoms with Crippen LogP contribution in [0.25, 0.3) is 11.3 Å². The van der Waals surface area contributed by atoms with E-state index >= 15 is 0 Å². The second kappa shape index (κ2) is 5.71. The molecule has 1 aliphatic heterocycles. The lowest BCUT2D eigenvalue weighted by Crippen LogP contribution is -2.31. The Kier molecular flexibility index (Phi) is 3.78. The fourth-order valence-corrected chi connectivity index (χ4v) is 2.92. The molecule has 0 radical (unpaired) electrons. The fourth-order valence-electron chi connectivity index (χ4n) is 2.92. The number of rotatable bonds is 3. The van der Waals surface area contributed by atoms with Crippen LogP contribution in [0.5, 0.6) is 0 Å². The Labute approximate surface area is 118 Å². The summed E-state index contributed by atoms with van der Waals surface area (Å²) in [4.78, 5) is 9.08. The van der Waals surface area contributed by atoms with Gasteiger partial charge in [0.15, 0.2) is 0 Å². The van der Waals surface area contributed by atoms with E-state index in [1.165, 1.54) is 12.8 Å². The van der Waals surface area contributed by atoms with Crippen molar-refractivity contribution in [2.24, 2.45) is 5.92 Å². The van der Waals surface area contributed by atoms with Crippen LogP contribution in [0.2, 0.25) is 0 Å². The molecule has 0 bridgehead atoms. The topological polar surface area (TPSA) is 63.8 Å². The molecule has 0 spiro atoms. The van der Waals surface area contributed by atoms with Crippen molar-refractivity contribution in [3.05, 3.63) is 29.5 Å². The first-order valence-electron chi connectivity index (χ1n) is 7.19. The SMILES string of the molecule is Cc1noc(C)c1-c1nccnc1C[C@H]1CCCNC1. The summed E-state index contributed by atoms with van der Waals surface area (Å²) in [5, 5.41) is 7.48. The highest BCUT2D eigenvalue weighted by Crippen LogP contribution is 2.28. The minimum Gasteiger partial charge on any atom is -0.361 e. The molecule has 2 aromatic heterocycles. The maximum atomic E-state index is 5.26. The number of aromatic nitrogens is 3. The third-order valence-corrected chi connectivity index (χ3v) is 3.93. The van der Waals surface area contributed by atoms with E-state index in [2.05, 4.69) is 20.4 Å². The summed E-state index contributed by atoms with van der Waals surface area (Å²) in [5.74, 6) is 1.45. The van der Waals surface area contributed by atoms with Crippen LogP contribution in [0, 0.1) is 19.8 Å². The van der Waals surface area contributed by atoms with Crippen LogP contribution in [0.3, 0.4) is 0 Å². The van der Waals surface area contributed by atoms with Gasteiger partial charge in [-0.1, -0.05) is 5.16 Å². The molecule has 5 heteroatoms. The van der Waals surface area contributed by atoms with Gasteiger partial charge in [-0.3, -0.25) is 9.97 Å². The predicted molar refractivity (Wildman–Crippen MR) is 76.3 cm³/mol. The van der Waals surface area contributed by atoms with Crippen LogP contribution >= 0.6 is 0 Å². The molecule has 1 aliphatic rings. The summed E-state index contributed by atoms with van der Waals surface area (Å²) in [6, 6.07) is 0. The number of aryl methyl sites for hydroxylation is 2. The van der Waals surface area contributed by atoms with Crippen LogP contribution in [0.4, 0.5) is 0 Å². The third-order valence-electron chi connectivity index (χ3n) is 3.93. The molecule has 3 rings (SSSR count). The zero-order valence-corrected chi connectivity index (χ0v) is 12.0. The van der Waals surface area contributed by atoms with Crippen LogP contribution < -0.4 is 5.32 Å². The van der Waals surface area contributed by atoms with Gasteiger partial charge >= 0.3 is 0 Å². The highest BCUT2D eigenvalue weighted by molar-refractivity contribution is 5.65. The van der Waals surface area contributed by atoms with Gasteiger partial charge < -0.3 is 9.84 Å². The lowest BCUT2D eigenvalue weighted by molar-refractivity contribution is 0.373. The average Bonchev–Trinajstić information content (AvgIpc) is 2.80. The summed E-state index contributed by atoms with van der Waals surface area (Å²) >= 11 is 0. The molecule has 5 nitrogen and oxygen atoms in total. The molecule has 0 amide bonds. The van der Waals surface area contributed by atoms with Crippen LogP contribution in [-0.2, 0) is 6.42 Å². The minimum absolute atomic E-state index is 0.639. The van der Waals surface area contributed by atoms with Crippen molar-refractivity contribution in [3.63, 3.8) is 0 Å². The quantitative estimate of drug-likeness (QED) is 0.928. The fraction of sp³-hybridized carbons (Fsp3) is 0.533. The molecule has 106 valence electrons. The predicted octanol–water partition coefficient (Wildman–Crippen LogP) is 2.29. The lowest BCUT2D eigenvalue weighted by atomic mass is 9.92. The molecular weight excluding hydrogens is 252 g/mol. The second-order valence-corrected chi connectivity index (χ2v) is 5.47. The van der Waals surface area contributed by atoms with Gasteiger partial charge in [0.25, 0.3) is 0 Å². The van der Waals surface area contributed by atoms with E-state index < -0.39 is 0 Å². The summed E-state index contributed by atoms with van der Waals surface area (Å²) in [5.41, 5.74) is 3.85. The summed E-state index contributed by atoms with van der Waals surface area (Å²) < 4.78 is 5.26. The van der Waals surface area contributed by atoms with Gasteiger partial charge in [-0.05, 0) is 52.1 Å². The summed E-state index contributed by atoms with van der Waals surface area (Å²) in [7, 11) is 0. The summed E-state index contributed by atoms with van der Waals surface area (Å²) in [6.07, 6.45) is 6.97. The van der Waals surface area contributed by atoms with Gasteiger partial charge in [-0.25, -0.2) is 0 Å². The van der Waals surface area contributed by atoms with Crippen molar-refractivity contribution in [1.82, 2.24) is 20.4 Å². The first-order valence-corrected chi connectivity index (χ1v) is 7.19. The van der Waals surface area contributed by atoms with Gasteiger partial charge in [-0.15, -0.1) is 0 Å². The van der Waals surface area contributed by atoms with Crippen molar-refractivity contribution in [2.75, 3.05) is 13.1 Å². The first-order chi connectivity index (χ1) is 9.75. The average molecular weight is 272 g/mol. The molecule has 0 aromatic carbocycles. The molecule has 3 heterocycles. The molecule has 1 atom stereocenters. The highest BCUT2D eigenvalue weighted by Gasteiger charge is 2.21. The Balaban J connectivity index is 1.92. The molecular formula is C15H20N4O. The molecule has 1 N–H and O–H groups in total. The number of hydrogen-bond acceptors (Lipinski definition) is 5. The highest BCUT2D eigenvalue weighted by atomic mass is 16.5. The Hall–Kier alpha value is -1.75. The van der Waals surface area contributed by atoms with Crippen LogP contribution in [0.15, 0.2) is 16.9 Å². The summed E-state index contributed by atoms with van der Waals surface area (Å²) in [6.45, 7) is 6.08. The largest absolute Gasteiger partial charge is 0.361 e. The van der Waals surface area contributed by atoms with Crippen molar-refractivity contribution in [3.8, 4) is 11.3 Å². The van der Waals surface area contributed by atoms with Crippen molar-refractivity contribution < 1.29 is 4.52 Å². The minimum atomic E-state index is 0.639. The zero-order valence-electron chi connectivity index (χ0n) is 12.0. The normalized spacial score (nSPS) is 19.2. The van der Waals surface area contributed by atoms with E-state index in [1.54, 1.807) is 12.4 Å². The van der Waals surface area contributed by atoms with E-state index in [-0.39, 0.29) is 0 Å². The molecule has 1 fully saturated rings. The van der Waals surface area contributed by atoms with Crippen LogP contribution in [0.1, 0.15) is 30.0 Å². The third kappa shape index (κ3) is 2.58. The molecule has 0 aliphatic carbocycles. The van der Waals surface area contributed by atoms with Crippen LogP contribution in [-0.4, -0.2) is 28.2 Å². The van der Waals surface area contributed by atoms with Gasteiger partial charge in [0.2, 0.25) is 0 Å². The monoisotopic (exact) mass is 272 g/mol. The first kappa shape index (κ1) is 13.2. The van der Waals surface area contributed by atoms with E-state index in [1.807, 2.05) is 13.8 Å². The Morgan fingerprint density at radius 3 is 2.85 bits per heavy atom. The Morgan fingerprint density at radius 1 is 1.30 bits per heavy atom. The molecule has 0 unspecified atom stereocenters. The van der Waals surface area contributed by atoms with Gasteiger partial charge in [0.05, 0.1) is 22.6 Å². The molecule has 20 heavy (non-hydrogen) atoms. The maximum absolute atomic E-state index is 5.26. The van der Waals surface area contributed by atoms with Crippen molar-refractivity contribution in [1.29, 1.82) is 0 Å². The van der Waals surface area contributed by atoms with Crippen molar-refractivity contribution >= 4 is 0 Å². The number of nitrogens with one attached hydrogen (secondary N) is 1. The van der Waals surface area contributed by atoms with Gasteiger partial charge in [0, 0.05) is 12.4 Å².